The maximum atomic E-state index is 13.8. The molecule has 114 valence electrons. The molecule has 9 heteroatoms. The fourth-order valence-electron chi connectivity index (χ4n) is 2.31. The van der Waals surface area contributed by atoms with Crippen molar-refractivity contribution in [2.45, 2.75) is 17.3 Å². The lowest BCUT2D eigenvalue weighted by Crippen LogP contribution is -2.28. The van der Waals surface area contributed by atoms with E-state index in [1.165, 1.54) is 0 Å². The minimum Gasteiger partial charge on any atom is -0.423 e. The SMILES string of the molecule is Nc1cc(F)c(S(=O)(=O)Cc2ccc3c(c2)B(O)OC3)cn1. The first-order valence-electron chi connectivity index (χ1n) is 6.42. The summed E-state index contributed by atoms with van der Waals surface area (Å²) >= 11 is 0. The van der Waals surface area contributed by atoms with Crippen molar-refractivity contribution in [2.24, 2.45) is 0 Å². The lowest BCUT2D eigenvalue weighted by molar-refractivity contribution is 0.275. The van der Waals surface area contributed by atoms with E-state index >= 15 is 0 Å². The first-order valence-corrected chi connectivity index (χ1v) is 8.07. The van der Waals surface area contributed by atoms with Gasteiger partial charge < -0.3 is 15.4 Å². The molecular formula is C13H12BFN2O4S. The zero-order valence-corrected chi connectivity index (χ0v) is 12.2. The molecule has 1 aromatic heterocycles. The maximum absolute atomic E-state index is 13.8. The van der Waals surface area contributed by atoms with E-state index in [1.807, 2.05) is 0 Å². The molecule has 2 aromatic rings. The van der Waals surface area contributed by atoms with Gasteiger partial charge in [0.25, 0.3) is 0 Å². The highest BCUT2D eigenvalue weighted by molar-refractivity contribution is 7.90. The van der Waals surface area contributed by atoms with Crippen LogP contribution in [0.1, 0.15) is 11.1 Å². The van der Waals surface area contributed by atoms with Crippen LogP contribution in [0.15, 0.2) is 35.4 Å². The van der Waals surface area contributed by atoms with Crippen LogP contribution in [0.25, 0.3) is 0 Å². The number of halogens is 1. The van der Waals surface area contributed by atoms with Crippen molar-refractivity contribution in [3.8, 4) is 0 Å². The fraction of sp³-hybridized carbons (Fsp3) is 0.154. The Balaban J connectivity index is 1.93. The van der Waals surface area contributed by atoms with Crippen LogP contribution >= 0.6 is 0 Å². The van der Waals surface area contributed by atoms with E-state index in [-0.39, 0.29) is 12.4 Å². The van der Waals surface area contributed by atoms with E-state index in [2.05, 4.69) is 4.98 Å². The number of sulfone groups is 1. The second kappa shape index (κ2) is 5.34. The molecule has 0 bridgehead atoms. The monoisotopic (exact) mass is 322 g/mol. The van der Waals surface area contributed by atoms with E-state index in [0.29, 0.717) is 11.0 Å². The Morgan fingerprint density at radius 2 is 2.18 bits per heavy atom. The van der Waals surface area contributed by atoms with Crippen molar-refractivity contribution in [2.75, 3.05) is 5.73 Å². The van der Waals surface area contributed by atoms with Crippen LogP contribution < -0.4 is 11.2 Å². The second-order valence-electron chi connectivity index (χ2n) is 5.00. The van der Waals surface area contributed by atoms with Crippen molar-refractivity contribution in [1.82, 2.24) is 4.98 Å². The van der Waals surface area contributed by atoms with Gasteiger partial charge in [-0.15, -0.1) is 0 Å². The lowest BCUT2D eigenvalue weighted by Gasteiger charge is -2.07. The number of aromatic nitrogens is 1. The van der Waals surface area contributed by atoms with Crippen LogP contribution in [0.4, 0.5) is 10.2 Å². The average Bonchev–Trinajstić information content (AvgIpc) is 2.79. The number of fused-ring (bicyclic) bond motifs is 1. The topological polar surface area (TPSA) is 103 Å². The standard InChI is InChI=1S/C13H12BFN2O4S/c15-11-4-13(16)17-5-12(11)22(19,20)7-8-1-2-9-6-21-14(18)10(9)3-8/h1-5,18H,6-7H2,(H2,16,17). The Morgan fingerprint density at radius 3 is 2.91 bits per heavy atom. The third kappa shape index (κ3) is 2.70. The third-order valence-electron chi connectivity index (χ3n) is 3.41. The van der Waals surface area contributed by atoms with Gasteiger partial charge in [-0.1, -0.05) is 18.2 Å². The summed E-state index contributed by atoms with van der Waals surface area (Å²) in [5.41, 5.74) is 7.07. The molecule has 3 N–H and O–H groups in total. The Morgan fingerprint density at radius 1 is 1.41 bits per heavy atom. The third-order valence-corrected chi connectivity index (χ3v) is 5.09. The summed E-state index contributed by atoms with van der Waals surface area (Å²) in [5.74, 6) is -1.43. The Labute approximate surface area is 126 Å². The molecule has 1 aromatic carbocycles. The van der Waals surface area contributed by atoms with Gasteiger partial charge in [-0.05, 0) is 16.6 Å². The second-order valence-corrected chi connectivity index (χ2v) is 6.95. The quantitative estimate of drug-likeness (QED) is 0.771. The predicted octanol–water partition coefficient (Wildman–Crippen LogP) is -0.00550. The lowest BCUT2D eigenvalue weighted by atomic mass is 9.79. The maximum Gasteiger partial charge on any atom is 0.491 e. The molecule has 22 heavy (non-hydrogen) atoms. The number of nitrogens with zero attached hydrogens (tertiary/aromatic N) is 1. The summed E-state index contributed by atoms with van der Waals surface area (Å²) in [5, 5.41) is 9.64. The van der Waals surface area contributed by atoms with E-state index in [0.717, 1.165) is 17.8 Å². The van der Waals surface area contributed by atoms with Crippen LogP contribution in [0.2, 0.25) is 0 Å². The molecule has 0 saturated heterocycles. The average molecular weight is 322 g/mol. The number of anilines is 1. The van der Waals surface area contributed by atoms with Gasteiger partial charge in [0.15, 0.2) is 9.84 Å². The fourth-order valence-corrected chi connectivity index (χ4v) is 3.66. The number of hydrogen-bond acceptors (Lipinski definition) is 6. The van der Waals surface area contributed by atoms with Crippen molar-refractivity contribution in [3.63, 3.8) is 0 Å². The van der Waals surface area contributed by atoms with E-state index in [1.54, 1.807) is 18.2 Å². The van der Waals surface area contributed by atoms with Crippen LogP contribution in [0.5, 0.6) is 0 Å². The number of rotatable bonds is 3. The highest BCUT2D eigenvalue weighted by Crippen LogP contribution is 2.21. The molecule has 6 nitrogen and oxygen atoms in total. The minimum absolute atomic E-state index is 0.0887. The van der Waals surface area contributed by atoms with Crippen LogP contribution in [-0.4, -0.2) is 25.5 Å². The summed E-state index contributed by atoms with van der Waals surface area (Å²) < 4.78 is 43.4. The summed E-state index contributed by atoms with van der Waals surface area (Å²) in [6, 6.07) is 5.72. The molecule has 0 radical (unpaired) electrons. The zero-order chi connectivity index (χ0) is 15.9. The molecule has 0 atom stereocenters. The van der Waals surface area contributed by atoms with Gasteiger partial charge in [0, 0.05) is 6.07 Å². The Bertz CT molecular complexity index is 844. The summed E-state index contributed by atoms with van der Waals surface area (Å²) in [6.45, 7) is 0.278. The van der Waals surface area contributed by atoms with Crippen molar-refractivity contribution in [1.29, 1.82) is 0 Å². The van der Waals surface area contributed by atoms with Gasteiger partial charge in [-0.25, -0.2) is 17.8 Å². The molecule has 0 spiro atoms. The first kappa shape index (κ1) is 15.0. The van der Waals surface area contributed by atoms with Gasteiger partial charge >= 0.3 is 7.12 Å². The van der Waals surface area contributed by atoms with Crippen LogP contribution in [-0.2, 0) is 26.9 Å². The largest absolute Gasteiger partial charge is 0.491 e. The Hall–Kier alpha value is -1.97. The summed E-state index contributed by atoms with van der Waals surface area (Å²) in [6.07, 6.45) is 0.908. The normalized spacial score (nSPS) is 14.2. The molecule has 2 heterocycles. The van der Waals surface area contributed by atoms with Gasteiger partial charge in [0.2, 0.25) is 0 Å². The number of nitrogen functional groups attached to an aromatic ring is 1. The number of hydrogen-bond donors (Lipinski definition) is 2. The van der Waals surface area contributed by atoms with Crippen molar-refractivity contribution >= 4 is 28.2 Å². The highest BCUT2D eigenvalue weighted by atomic mass is 32.2. The van der Waals surface area contributed by atoms with Gasteiger partial charge in [-0.2, -0.15) is 0 Å². The molecule has 0 saturated carbocycles. The molecule has 1 aliphatic heterocycles. The Kier molecular flexibility index (Phi) is 3.63. The van der Waals surface area contributed by atoms with E-state index in [4.69, 9.17) is 10.4 Å². The molecule has 0 fully saturated rings. The van der Waals surface area contributed by atoms with E-state index in [9.17, 15) is 17.8 Å². The molecule has 0 unspecified atom stereocenters. The molecule has 3 rings (SSSR count). The number of benzene rings is 1. The predicted molar refractivity (Wildman–Crippen MR) is 78.3 cm³/mol. The first-order chi connectivity index (χ1) is 10.4. The van der Waals surface area contributed by atoms with Gasteiger partial charge in [0.1, 0.15) is 16.5 Å². The van der Waals surface area contributed by atoms with Gasteiger partial charge in [0.05, 0.1) is 18.6 Å². The highest BCUT2D eigenvalue weighted by Gasteiger charge is 2.28. The van der Waals surface area contributed by atoms with Crippen molar-refractivity contribution < 1.29 is 22.5 Å². The summed E-state index contributed by atoms with van der Waals surface area (Å²) in [7, 11) is -4.97. The molecular weight excluding hydrogens is 310 g/mol. The molecule has 0 aliphatic carbocycles. The minimum atomic E-state index is -3.91. The number of pyridine rings is 1. The number of nitrogens with two attached hydrogens (primary N) is 1. The van der Waals surface area contributed by atoms with Crippen LogP contribution in [0.3, 0.4) is 0 Å². The molecule has 1 aliphatic rings. The zero-order valence-electron chi connectivity index (χ0n) is 11.4. The van der Waals surface area contributed by atoms with Crippen LogP contribution in [0, 0.1) is 5.82 Å². The smallest absolute Gasteiger partial charge is 0.423 e. The van der Waals surface area contributed by atoms with Gasteiger partial charge in [-0.3, -0.25) is 0 Å². The van der Waals surface area contributed by atoms with Crippen molar-refractivity contribution in [3.05, 3.63) is 47.4 Å². The molecule has 0 amide bonds. The summed E-state index contributed by atoms with van der Waals surface area (Å²) in [4.78, 5) is 3.12. The van der Waals surface area contributed by atoms with E-state index < -0.39 is 33.4 Å².